The molecule has 0 aliphatic carbocycles. The zero-order valence-corrected chi connectivity index (χ0v) is 17.3. The van der Waals surface area contributed by atoms with Gasteiger partial charge >= 0.3 is 0 Å². The summed E-state index contributed by atoms with van der Waals surface area (Å²) < 4.78 is 37.6. The lowest BCUT2D eigenvalue weighted by Gasteiger charge is -2.09. The maximum Gasteiger partial charge on any atom is 0.242 e. The van der Waals surface area contributed by atoms with Crippen molar-refractivity contribution in [2.75, 3.05) is 18.4 Å². The third-order valence-corrected chi connectivity index (χ3v) is 6.18. The second-order valence-electron chi connectivity index (χ2n) is 6.31. The molecule has 150 valence electrons. The Hall–Kier alpha value is -2.96. The van der Waals surface area contributed by atoms with Gasteiger partial charge in [-0.1, -0.05) is 6.07 Å². The first kappa shape index (κ1) is 19.4. The molecule has 0 fully saturated rings. The lowest BCUT2D eigenvalue weighted by Crippen LogP contribution is -2.29. The van der Waals surface area contributed by atoms with Crippen LogP contribution in [0.2, 0.25) is 0 Å². The van der Waals surface area contributed by atoms with E-state index in [-0.39, 0.29) is 11.4 Å². The lowest BCUT2D eigenvalue weighted by molar-refractivity contribution is 0.583. The molecule has 4 rings (SSSR count). The predicted molar refractivity (Wildman–Crippen MR) is 110 cm³/mol. The molecular weight excluding hydrogens is 412 g/mol. The van der Waals surface area contributed by atoms with Crippen molar-refractivity contribution in [1.29, 1.82) is 0 Å². The zero-order chi connectivity index (χ0) is 20.4. The Morgan fingerprint density at radius 3 is 2.76 bits per heavy atom. The molecule has 29 heavy (non-hydrogen) atoms. The SMILES string of the molecule is Cc1cc(C)n(-c2cc(NCCNS(=O)(=O)c3cccc4nsnc34)ncn2)n1. The molecule has 0 spiro atoms. The molecule has 4 aromatic rings. The van der Waals surface area contributed by atoms with Crippen molar-refractivity contribution in [2.45, 2.75) is 18.7 Å². The van der Waals surface area contributed by atoms with E-state index in [1.807, 2.05) is 19.9 Å². The van der Waals surface area contributed by atoms with E-state index in [1.54, 1.807) is 22.9 Å². The summed E-state index contributed by atoms with van der Waals surface area (Å²) in [5.41, 5.74) is 2.80. The third-order valence-electron chi connectivity index (χ3n) is 4.14. The summed E-state index contributed by atoms with van der Waals surface area (Å²) in [7, 11) is -3.70. The lowest BCUT2D eigenvalue weighted by atomic mass is 10.3. The van der Waals surface area contributed by atoms with E-state index in [2.05, 4.69) is 33.9 Å². The van der Waals surface area contributed by atoms with E-state index in [0.29, 0.717) is 29.2 Å². The number of benzene rings is 1. The maximum absolute atomic E-state index is 12.6. The third kappa shape index (κ3) is 4.09. The van der Waals surface area contributed by atoms with Gasteiger partial charge in [0.25, 0.3) is 0 Å². The summed E-state index contributed by atoms with van der Waals surface area (Å²) in [4.78, 5) is 8.53. The fraction of sp³-hybridized carbons (Fsp3) is 0.235. The normalized spacial score (nSPS) is 11.8. The van der Waals surface area contributed by atoms with Crippen molar-refractivity contribution in [1.82, 2.24) is 33.2 Å². The monoisotopic (exact) mass is 430 g/mol. The van der Waals surface area contributed by atoms with Crippen molar-refractivity contribution >= 4 is 38.6 Å². The second kappa shape index (κ2) is 7.81. The van der Waals surface area contributed by atoms with Crippen molar-refractivity contribution in [3.63, 3.8) is 0 Å². The highest BCUT2D eigenvalue weighted by Crippen LogP contribution is 2.20. The van der Waals surface area contributed by atoms with Crippen LogP contribution in [0.5, 0.6) is 0 Å². The van der Waals surface area contributed by atoms with Crippen molar-refractivity contribution in [3.8, 4) is 5.82 Å². The molecule has 0 saturated carbocycles. The standard InChI is InChI=1S/C17H18N8O2S2/c1-11-8-12(2)25(22-11)16-9-15(19-10-20-16)18-6-7-21-29(26,27)14-5-3-4-13-17(14)24-28-23-13/h3-5,8-10,21H,6-7H2,1-2H3,(H,18,19,20). The highest BCUT2D eigenvalue weighted by atomic mass is 32.2. The molecule has 0 saturated heterocycles. The molecule has 2 N–H and O–H groups in total. The molecule has 3 aromatic heterocycles. The average Bonchev–Trinajstić information content (AvgIpc) is 3.31. The summed E-state index contributed by atoms with van der Waals surface area (Å²) in [5.74, 6) is 1.21. The van der Waals surface area contributed by atoms with Gasteiger partial charge in [-0.05, 0) is 32.0 Å². The number of anilines is 1. The number of nitrogens with one attached hydrogen (secondary N) is 2. The number of aromatic nitrogens is 6. The molecule has 12 heteroatoms. The molecule has 0 aliphatic heterocycles. The Balaban J connectivity index is 1.40. The van der Waals surface area contributed by atoms with Crippen LogP contribution in [-0.2, 0) is 10.0 Å². The number of rotatable bonds is 7. The molecule has 10 nitrogen and oxygen atoms in total. The number of fused-ring (bicyclic) bond motifs is 1. The Morgan fingerprint density at radius 2 is 1.97 bits per heavy atom. The zero-order valence-electron chi connectivity index (χ0n) is 15.7. The van der Waals surface area contributed by atoms with Gasteiger partial charge in [-0.2, -0.15) is 13.8 Å². The summed E-state index contributed by atoms with van der Waals surface area (Å²) in [6, 6.07) is 8.62. The summed E-state index contributed by atoms with van der Waals surface area (Å²) in [6.07, 6.45) is 1.44. The summed E-state index contributed by atoms with van der Waals surface area (Å²) in [5, 5.41) is 7.49. The van der Waals surface area contributed by atoms with Gasteiger partial charge in [0.05, 0.1) is 17.4 Å². The highest BCUT2D eigenvalue weighted by molar-refractivity contribution is 7.89. The van der Waals surface area contributed by atoms with Gasteiger partial charge in [0, 0.05) is 24.8 Å². The van der Waals surface area contributed by atoms with Crippen LogP contribution in [0.25, 0.3) is 16.9 Å². The second-order valence-corrected chi connectivity index (χ2v) is 8.58. The van der Waals surface area contributed by atoms with E-state index in [0.717, 1.165) is 23.1 Å². The van der Waals surface area contributed by atoms with Gasteiger partial charge in [-0.15, -0.1) is 0 Å². The first-order valence-corrected chi connectivity index (χ1v) is 11.0. The van der Waals surface area contributed by atoms with Crippen LogP contribution in [0.15, 0.2) is 41.6 Å². The number of aryl methyl sites for hydroxylation is 2. The van der Waals surface area contributed by atoms with Crippen LogP contribution in [0.4, 0.5) is 5.82 Å². The number of nitrogens with zero attached hydrogens (tertiary/aromatic N) is 6. The number of hydrogen-bond acceptors (Lipinski definition) is 9. The maximum atomic E-state index is 12.6. The smallest absolute Gasteiger partial charge is 0.242 e. The van der Waals surface area contributed by atoms with Crippen LogP contribution in [0, 0.1) is 13.8 Å². The van der Waals surface area contributed by atoms with E-state index in [9.17, 15) is 8.42 Å². The molecule has 0 unspecified atom stereocenters. The van der Waals surface area contributed by atoms with Crippen LogP contribution in [0.1, 0.15) is 11.4 Å². The van der Waals surface area contributed by atoms with E-state index in [1.165, 1.54) is 12.4 Å². The van der Waals surface area contributed by atoms with Gasteiger partial charge in [-0.3, -0.25) is 0 Å². The predicted octanol–water partition coefficient (Wildman–Crippen LogP) is 1.67. The van der Waals surface area contributed by atoms with Gasteiger partial charge in [0.2, 0.25) is 10.0 Å². The minimum atomic E-state index is -3.70. The Bertz CT molecular complexity index is 1270. The molecule has 0 amide bonds. The van der Waals surface area contributed by atoms with Gasteiger partial charge < -0.3 is 5.32 Å². The van der Waals surface area contributed by atoms with Crippen molar-refractivity contribution in [3.05, 3.63) is 48.0 Å². The van der Waals surface area contributed by atoms with Gasteiger partial charge in [-0.25, -0.2) is 27.8 Å². The Morgan fingerprint density at radius 1 is 1.10 bits per heavy atom. The minimum Gasteiger partial charge on any atom is -0.369 e. The van der Waals surface area contributed by atoms with E-state index >= 15 is 0 Å². The fourth-order valence-corrected chi connectivity index (χ4v) is 4.67. The quantitative estimate of drug-likeness (QED) is 0.424. The summed E-state index contributed by atoms with van der Waals surface area (Å²) >= 11 is 0.985. The summed E-state index contributed by atoms with van der Waals surface area (Å²) in [6.45, 7) is 4.38. The average molecular weight is 431 g/mol. The fourth-order valence-electron chi connectivity index (χ4n) is 2.87. The van der Waals surface area contributed by atoms with Crippen LogP contribution >= 0.6 is 11.7 Å². The van der Waals surface area contributed by atoms with Crippen LogP contribution in [-0.4, -0.2) is 50.0 Å². The van der Waals surface area contributed by atoms with Crippen LogP contribution < -0.4 is 10.0 Å². The first-order valence-electron chi connectivity index (χ1n) is 8.74. The largest absolute Gasteiger partial charge is 0.369 e. The minimum absolute atomic E-state index is 0.123. The van der Waals surface area contributed by atoms with Crippen molar-refractivity contribution < 1.29 is 8.42 Å². The van der Waals surface area contributed by atoms with Gasteiger partial charge in [0.1, 0.15) is 28.1 Å². The molecule has 0 aliphatic rings. The molecular formula is C17H18N8O2S2. The Kier molecular flexibility index (Phi) is 5.22. The van der Waals surface area contributed by atoms with Crippen molar-refractivity contribution in [2.24, 2.45) is 0 Å². The molecule has 1 aromatic carbocycles. The highest BCUT2D eigenvalue weighted by Gasteiger charge is 2.18. The number of hydrogen-bond donors (Lipinski definition) is 2. The Labute approximate surface area is 171 Å². The van der Waals surface area contributed by atoms with E-state index < -0.39 is 10.0 Å². The van der Waals surface area contributed by atoms with E-state index in [4.69, 9.17) is 0 Å². The number of sulfonamides is 1. The van der Waals surface area contributed by atoms with Crippen LogP contribution in [0.3, 0.4) is 0 Å². The first-order chi connectivity index (χ1) is 13.9. The molecule has 3 heterocycles. The van der Waals surface area contributed by atoms with Gasteiger partial charge in [0.15, 0.2) is 5.82 Å². The topological polar surface area (TPSA) is 128 Å². The molecule has 0 bridgehead atoms. The molecule has 0 atom stereocenters. The molecule has 0 radical (unpaired) electrons.